The summed E-state index contributed by atoms with van der Waals surface area (Å²) >= 11 is 3.81. The Morgan fingerprint density at radius 1 is 0.918 bits per heavy atom. The summed E-state index contributed by atoms with van der Waals surface area (Å²) in [6.45, 7) is 0.405. The number of nitriles is 1. The molecular weight excluding hydrogens is 831 g/mol. The molecule has 2 heterocycles. The van der Waals surface area contributed by atoms with Gasteiger partial charge in [0.15, 0.2) is 0 Å². The number of carboxylic acid groups (broad SMARTS) is 2. The number of rotatable bonds is 26. The molecule has 1 aliphatic heterocycles. The highest BCUT2D eigenvalue weighted by molar-refractivity contribution is 7.80. The molecule has 0 aliphatic carbocycles. The second kappa shape index (κ2) is 25.6. The fourth-order valence-electron chi connectivity index (χ4n) is 5.76. The maximum atomic E-state index is 13.8. The number of thiol groups is 1. The third kappa shape index (κ3) is 18.9. The third-order valence-corrected chi connectivity index (χ3v) is 9.48. The van der Waals surface area contributed by atoms with E-state index in [-0.39, 0.29) is 55.5 Å². The number of likely N-dealkylation sites (tertiary alicyclic amines) is 1. The van der Waals surface area contributed by atoms with E-state index >= 15 is 0 Å². The van der Waals surface area contributed by atoms with Crippen molar-refractivity contribution in [2.45, 2.75) is 114 Å². The molecule has 1 aromatic rings. The lowest BCUT2D eigenvalue weighted by Crippen LogP contribution is -2.57. The average molecular weight is 883 g/mol. The average Bonchev–Trinajstić information content (AvgIpc) is 3.54. The van der Waals surface area contributed by atoms with Crippen LogP contribution in [0.5, 0.6) is 0 Å². The Balaban J connectivity index is 1.58. The summed E-state index contributed by atoms with van der Waals surface area (Å²) in [5.74, 6) is -11.0. The smallest absolute Gasteiger partial charge is 0.327 e. The number of carboxylic acids is 2. The summed E-state index contributed by atoms with van der Waals surface area (Å²) < 4.78 is 27.5. The van der Waals surface area contributed by atoms with E-state index in [1.165, 1.54) is 25.3 Å². The van der Waals surface area contributed by atoms with Gasteiger partial charge in [0.2, 0.25) is 35.4 Å². The van der Waals surface area contributed by atoms with Crippen molar-refractivity contribution in [1.82, 2.24) is 41.8 Å². The minimum absolute atomic E-state index is 0.0660. The number of alkyl halides is 2. The standard InChI is InChI=1S/C37H52F2N10O11S/c1-21(35(58)49-20-37(38,39)15-24(49)16-40)46-32(55)22-10-12-42-23(13-22)17-44-30(52)9-8-29(51)43-11-6-4-2-3-5-7-28(50)45-18-25(41)33(56)47-26(14-31(53)54)34(57)48-27(19-61)36(59)60/h10,12-13,21,24-27,61H,2-9,11,14-15,17-20,41H2,1H3,(H,43,51)(H,44,52)(H,45,50)(H,46,55)(H,47,56)(H,48,57)(H,53,54)(H,59,60)/t21-,24?,25?,26?,27?/m1/s1. The van der Waals surface area contributed by atoms with Crippen molar-refractivity contribution in [2.24, 2.45) is 5.73 Å². The van der Waals surface area contributed by atoms with E-state index < -0.39 is 97.0 Å². The monoisotopic (exact) mass is 882 g/mol. The molecule has 336 valence electrons. The predicted molar refractivity (Wildman–Crippen MR) is 212 cm³/mol. The van der Waals surface area contributed by atoms with Gasteiger partial charge in [-0.1, -0.05) is 19.3 Å². The van der Waals surface area contributed by atoms with Gasteiger partial charge in [-0.3, -0.25) is 43.3 Å². The molecule has 0 spiro atoms. The molecule has 61 heavy (non-hydrogen) atoms. The summed E-state index contributed by atoms with van der Waals surface area (Å²) in [4.78, 5) is 114. The van der Waals surface area contributed by atoms with E-state index in [0.29, 0.717) is 31.5 Å². The zero-order valence-electron chi connectivity index (χ0n) is 33.4. The minimum Gasteiger partial charge on any atom is -0.481 e. The van der Waals surface area contributed by atoms with Crippen LogP contribution in [0.1, 0.15) is 87.2 Å². The van der Waals surface area contributed by atoms with E-state index in [2.05, 4.69) is 49.5 Å². The number of carbonyl (C=O) groups excluding carboxylic acids is 7. The molecule has 21 nitrogen and oxygen atoms in total. The molecule has 24 heteroatoms. The van der Waals surface area contributed by atoms with Crippen molar-refractivity contribution < 1.29 is 62.1 Å². The second-order valence-corrected chi connectivity index (χ2v) is 14.6. The lowest BCUT2D eigenvalue weighted by Gasteiger charge is -2.23. The van der Waals surface area contributed by atoms with Crippen molar-refractivity contribution >= 4 is 65.9 Å². The summed E-state index contributed by atoms with van der Waals surface area (Å²) in [5, 5.41) is 41.8. The lowest BCUT2D eigenvalue weighted by molar-refractivity contribution is -0.143. The molecule has 2 rings (SSSR count). The van der Waals surface area contributed by atoms with Crippen LogP contribution in [0.4, 0.5) is 8.78 Å². The van der Waals surface area contributed by atoms with Crippen LogP contribution in [0.2, 0.25) is 0 Å². The van der Waals surface area contributed by atoms with Crippen LogP contribution in [0, 0.1) is 11.3 Å². The molecule has 0 bridgehead atoms. The molecule has 0 aromatic carbocycles. The fraction of sp³-hybridized carbons (Fsp3) is 0.595. The van der Waals surface area contributed by atoms with Gasteiger partial charge in [0, 0.05) is 56.3 Å². The van der Waals surface area contributed by atoms with E-state index in [9.17, 15) is 51.9 Å². The third-order valence-electron chi connectivity index (χ3n) is 9.11. The van der Waals surface area contributed by atoms with Crippen molar-refractivity contribution in [3.8, 4) is 6.07 Å². The first-order valence-corrected chi connectivity index (χ1v) is 20.0. The van der Waals surface area contributed by atoms with E-state index in [0.717, 1.165) is 17.7 Å². The zero-order valence-corrected chi connectivity index (χ0v) is 34.3. The van der Waals surface area contributed by atoms with Crippen LogP contribution < -0.4 is 37.6 Å². The van der Waals surface area contributed by atoms with Crippen LogP contribution in [0.15, 0.2) is 18.3 Å². The number of halogens is 2. The number of nitrogens with zero attached hydrogens (tertiary/aromatic N) is 3. The molecule has 0 radical (unpaired) electrons. The number of nitrogens with one attached hydrogen (secondary N) is 6. The number of aliphatic carboxylic acids is 2. The molecule has 1 saturated heterocycles. The molecule has 1 aliphatic rings. The maximum Gasteiger partial charge on any atom is 0.327 e. The second-order valence-electron chi connectivity index (χ2n) is 14.2. The SMILES string of the molecule is C[C@@H](NC(=O)c1ccnc(CNC(=O)CCC(=O)NCCCCCCCC(=O)NCC(N)C(=O)NC(CC(=O)O)C(=O)NC(CS)C(=O)O)c1)C(=O)N1CC(F)(F)CC1C#N. The highest BCUT2D eigenvalue weighted by atomic mass is 32.1. The molecule has 5 atom stereocenters. The summed E-state index contributed by atoms with van der Waals surface area (Å²) in [5.41, 5.74) is 6.18. The van der Waals surface area contributed by atoms with Crippen LogP contribution in [0.25, 0.3) is 0 Å². The molecule has 1 fully saturated rings. The largest absolute Gasteiger partial charge is 0.481 e. The van der Waals surface area contributed by atoms with Gasteiger partial charge in [-0.05, 0) is 31.9 Å². The van der Waals surface area contributed by atoms with Crippen molar-refractivity contribution in [1.29, 1.82) is 5.26 Å². The fourth-order valence-corrected chi connectivity index (χ4v) is 6.00. The van der Waals surface area contributed by atoms with Gasteiger partial charge in [-0.15, -0.1) is 0 Å². The van der Waals surface area contributed by atoms with Gasteiger partial charge >= 0.3 is 11.9 Å². The van der Waals surface area contributed by atoms with Gasteiger partial charge < -0.3 is 52.7 Å². The quantitative estimate of drug-likeness (QED) is 0.0383. The summed E-state index contributed by atoms with van der Waals surface area (Å²) in [7, 11) is 0. The molecule has 7 amide bonds. The van der Waals surface area contributed by atoms with E-state index in [4.69, 9.17) is 21.2 Å². The number of hydrogen-bond acceptors (Lipinski definition) is 13. The molecule has 4 unspecified atom stereocenters. The Labute approximate surface area is 355 Å². The van der Waals surface area contributed by atoms with Gasteiger partial charge in [-0.25, -0.2) is 13.6 Å². The topological polar surface area (TPSA) is 332 Å². The van der Waals surface area contributed by atoms with Gasteiger partial charge in [0.25, 0.3) is 11.8 Å². The maximum absolute atomic E-state index is 13.8. The first-order valence-electron chi connectivity index (χ1n) is 19.3. The Morgan fingerprint density at radius 2 is 1.54 bits per heavy atom. The number of amides is 7. The van der Waals surface area contributed by atoms with Crippen molar-refractivity contribution in [2.75, 3.05) is 25.4 Å². The van der Waals surface area contributed by atoms with Crippen molar-refractivity contribution in [3.63, 3.8) is 0 Å². The Morgan fingerprint density at radius 3 is 2.18 bits per heavy atom. The van der Waals surface area contributed by atoms with Crippen molar-refractivity contribution in [3.05, 3.63) is 29.6 Å². The Hall–Kier alpha value is -5.96. The number of unbranched alkanes of at least 4 members (excludes halogenated alkanes) is 4. The highest BCUT2D eigenvalue weighted by Gasteiger charge is 2.48. The van der Waals surface area contributed by atoms with Gasteiger partial charge in [-0.2, -0.15) is 17.9 Å². The molecule has 0 saturated carbocycles. The number of hydrogen-bond donors (Lipinski definition) is 10. The zero-order chi connectivity index (χ0) is 45.7. The normalized spacial score (nSPS) is 16.1. The number of aromatic nitrogens is 1. The number of nitrogens with two attached hydrogens (primary N) is 1. The lowest BCUT2D eigenvalue weighted by atomic mass is 10.1. The molecule has 10 N–H and O–H groups in total. The Kier molecular flexibility index (Phi) is 21.5. The first-order chi connectivity index (χ1) is 28.8. The van der Waals surface area contributed by atoms with Gasteiger partial charge in [0.1, 0.15) is 30.2 Å². The van der Waals surface area contributed by atoms with E-state index in [1.54, 1.807) is 6.07 Å². The minimum atomic E-state index is -3.20. The molecular formula is C37H52F2N10O11S. The number of pyridine rings is 1. The van der Waals surface area contributed by atoms with Crippen LogP contribution in [0.3, 0.4) is 0 Å². The Bertz CT molecular complexity index is 1800. The summed E-state index contributed by atoms with van der Waals surface area (Å²) in [6, 6.07) is -2.45. The summed E-state index contributed by atoms with van der Waals surface area (Å²) in [6.07, 6.45) is 3.00. The van der Waals surface area contributed by atoms with Gasteiger partial charge in [0.05, 0.1) is 31.3 Å². The highest BCUT2D eigenvalue weighted by Crippen LogP contribution is 2.32. The number of carbonyl (C=O) groups is 9. The molecule has 1 aromatic heterocycles. The predicted octanol–water partition coefficient (Wildman–Crippen LogP) is -1.28. The first kappa shape index (κ1) is 51.2. The van der Waals surface area contributed by atoms with Crippen LogP contribution in [-0.2, 0) is 44.9 Å². The van der Waals surface area contributed by atoms with E-state index in [1.807, 2.05) is 0 Å². The van der Waals surface area contributed by atoms with Crippen LogP contribution in [-0.4, -0.2) is 135 Å². The van der Waals surface area contributed by atoms with Crippen LogP contribution >= 0.6 is 12.6 Å².